The van der Waals surface area contributed by atoms with Gasteiger partial charge in [-0.2, -0.15) is 0 Å². The molecule has 0 bridgehead atoms. The highest BCUT2D eigenvalue weighted by molar-refractivity contribution is 9.10. The Labute approximate surface area is 154 Å². The predicted molar refractivity (Wildman–Crippen MR) is 98.1 cm³/mol. The number of carbonyl (C=O) groups is 2. The highest BCUT2D eigenvalue weighted by Gasteiger charge is 2.29. The Hall–Kier alpha value is -2.34. The molecule has 1 fully saturated rings. The quantitative estimate of drug-likeness (QED) is 0.807. The lowest BCUT2D eigenvalue weighted by atomic mass is 10.0. The molecule has 6 heteroatoms. The maximum absolute atomic E-state index is 12.8. The molecule has 3 rings (SSSR count). The molecule has 2 N–H and O–H groups in total. The van der Waals surface area contributed by atoms with Gasteiger partial charge in [-0.05, 0) is 37.1 Å². The molecule has 0 aromatic heterocycles. The number of halogens is 1. The Kier molecular flexibility index (Phi) is 5.71. The van der Waals surface area contributed by atoms with Gasteiger partial charge in [-0.3, -0.25) is 9.59 Å². The molecule has 2 amide bonds. The zero-order chi connectivity index (χ0) is 17.6. The van der Waals surface area contributed by atoms with Gasteiger partial charge in [-0.15, -0.1) is 0 Å². The van der Waals surface area contributed by atoms with Crippen molar-refractivity contribution in [2.75, 3.05) is 6.54 Å². The Balaban J connectivity index is 1.79. The van der Waals surface area contributed by atoms with Crippen LogP contribution < -0.4 is 15.4 Å². The second-order valence-electron chi connectivity index (χ2n) is 5.86. The van der Waals surface area contributed by atoms with Gasteiger partial charge in [0.2, 0.25) is 12.0 Å². The zero-order valence-electron chi connectivity index (χ0n) is 13.6. The molecule has 0 unspecified atom stereocenters. The van der Waals surface area contributed by atoms with Gasteiger partial charge in [0.1, 0.15) is 11.8 Å². The van der Waals surface area contributed by atoms with Gasteiger partial charge in [0.25, 0.3) is 5.91 Å². The summed E-state index contributed by atoms with van der Waals surface area (Å²) in [6, 6.07) is 16.0. The number of hydrogen-bond acceptors (Lipinski definition) is 3. The molecule has 0 saturated carbocycles. The highest BCUT2D eigenvalue weighted by Crippen LogP contribution is 2.24. The Bertz CT molecular complexity index is 734. The normalized spacial score (nSPS) is 18.1. The van der Waals surface area contributed by atoms with Crippen molar-refractivity contribution in [1.82, 2.24) is 10.6 Å². The third-order valence-electron chi connectivity index (χ3n) is 4.01. The van der Waals surface area contributed by atoms with Crippen molar-refractivity contribution < 1.29 is 14.3 Å². The second kappa shape index (κ2) is 8.16. The number of piperidine rings is 1. The van der Waals surface area contributed by atoms with Gasteiger partial charge in [0, 0.05) is 16.6 Å². The fourth-order valence-electron chi connectivity index (χ4n) is 2.71. The lowest BCUT2D eigenvalue weighted by molar-refractivity contribution is -0.134. The van der Waals surface area contributed by atoms with Crippen molar-refractivity contribution in [3.05, 3.63) is 64.6 Å². The summed E-state index contributed by atoms with van der Waals surface area (Å²) in [5.74, 6) is 0.117. The summed E-state index contributed by atoms with van der Waals surface area (Å²) in [6.45, 7) is 0.655. The predicted octanol–water partition coefficient (Wildman–Crippen LogP) is 2.96. The highest BCUT2D eigenvalue weighted by atomic mass is 79.9. The van der Waals surface area contributed by atoms with Gasteiger partial charge >= 0.3 is 0 Å². The molecular formula is C19H19BrN2O3. The summed E-state index contributed by atoms with van der Waals surface area (Å²) in [4.78, 5) is 24.7. The van der Waals surface area contributed by atoms with Gasteiger partial charge < -0.3 is 15.4 Å². The van der Waals surface area contributed by atoms with Crippen LogP contribution in [0.3, 0.4) is 0 Å². The first-order valence-corrected chi connectivity index (χ1v) is 8.98. The largest absolute Gasteiger partial charge is 0.476 e. The molecule has 5 nitrogen and oxygen atoms in total. The van der Waals surface area contributed by atoms with Gasteiger partial charge in [0.15, 0.2) is 0 Å². The van der Waals surface area contributed by atoms with E-state index in [0.717, 1.165) is 16.5 Å². The van der Waals surface area contributed by atoms with Crippen molar-refractivity contribution >= 4 is 27.7 Å². The number of nitrogens with one attached hydrogen (secondary N) is 2. The van der Waals surface area contributed by atoms with Gasteiger partial charge in [-0.25, -0.2) is 0 Å². The minimum Gasteiger partial charge on any atom is -0.476 e. The van der Waals surface area contributed by atoms with Crippen LogP contribution in [0, 0.1) is 0 Å². The third kappa shape index (κ3) is 4.60. The molecule has 25 heavy (non-hydrogen) atoms. The molecule has 1 aliphatic rings. The third-order valence-corrected chi connectivity index (χ3v) is 4.54. The molecule has 2 atom stereocenters. The van der Waals surface area contributed by atoms with Crippen LogP contribution in [-0.2, 0) is 9.59 Å². The fourth-order valence-corrected chi connectivity index (χ4v) is 2.97. The number of ether oxygens (including phenoxy) is 1. The van der Waals surface area contributed by atoms with Crippen molar-refractivity contribution in [2.24, 2.45) is 0 Å². The smallest absolute Gasteiger partial charge is 0.266 e. The standard InChI is InChI=1S/C19H19BrN2O3/c20-14-8-10-15(11-9-14)25-17(13-5-2-1-3-6-13)19(24)22-16-7-4-12-21-18(16)23/h1-3,5-6,8-11,16-17H,4,7,12H2,(H,21,23)(H,22,24)/t16-,17+/m1/s1. The van der Waals surface area contributed by atoms with E-state index in [2.05, 4.69) is 26.6 Å². The molecule has 1 heterocycles. The van der Waals surface area contributed by atoms with Crippen LogP contribution in [0.4, 0.5) is 0 Å². The topological polar surface area (TPSA) is 67.4 Å². The van der Waals surface area contributed by atoms with E-state index in [9.17, 15) is 9.59 Å². The summed E-state index contributed by atoms with van der Waals surface area (Å²) in [6.07, 6.45) is 0.662. The lowest BCUT2D eigenvalue weighted by Gasteiger charge is -2.26. The minimum absolute atomic E-state index is 0.143. The first-order valence-electron chi connectivity index (χ1n) is 8.19. The van der Waals surface area contributed by atoms with Crippen LogP contribution in [0.1, 0.15) is 24.5 Å². The molecule has 2 aromatic rings. The summed E-state index contributed by atoms with van der Waals surface area (Å²) >= 11 is 3.38. The Morgan fingerprint density at radius 3 is 2.56 bits per heavy atom. The van der Waals surface area contributed by atoms with Crippen molar-refractivity contribution in [2.45, 2.75) is 25.0 Å². The fraction of sp³-hybridized carbons (Fsp3) is 0.263. The lowest BCUT2D eigenvalue weighted by Crippen LogP contribution is -2.51. The van der Waals surface area contributed by atoms with Crippen LogP contribution in [0.15, 0.2) is 59.1 Å². The van der Waals surface area contributed by atoms with E-state index in [4.69, 9.17) is 4.74 Å². The van der Waals surface area contributed by atoms with Crippen LogP contribution in [0.25, 0.3) is 0 Å². The average molecular weight is 403 g/mol. The van der Waals surface area contributed by atoms with E-state index in [-0.39, 0.29) is 11.8 Å². The summed E-state index contributed by atoms with van der Waals surface area (Å²) < 4.78 is 6.86. The molecule has 1 aliphatic heterocycles. The zero-order valence-corrected chi connectivity index (χ0v) is 15.2. The van der Waals surface area contributed by atoms with Crippen LogP contribution in [-0.4, -0.2) is 24.4 Å². The van der Waals surface area contributed by atoms with Gasteiger partial charge in [-0.1, -0.05) is 46.3 Å². The molecule has 2 aromatic carbocycles. The van der Waals surface area contributed by atoms with E-state index in [0.29, 0.717) is 18.7 Å². The van der Waals surface area contributed by atoms with Crippen molar-refractivity contribution in [3.8, 4) is 5.75 Å². The molecule has 1 saturated heterocycles. The molecule has 0 spiro atoms. The summed E-state index contributed by atoms with van der Waals surface area (Å²) in [5, 5.41) is 5.59. The number of hydrogen-bond donors (Lipinski definition) is 2. The Morgan fingerprint density at radius 1 is 1.16 bits per heavy atom. The van der Waals surface area contributed by atoms with Crippen molar-refractivity contribution in [3.63, 3.8) is 0 Å². The first-order chi connectivity index (χ1) is 12.1. The number of rotatable bonds is 5. The van der Waals surface area contributed by atoms with Crippen molar-refractivity contribution in [1.29, 1.82) is 0 Å². The molecule has 0 radical (unpaired) electrons. The van der Waals surface area contributed by atoms with Crippen LogP contribution in [0.5, 0.6) is 5.75 Å². The van der Waals surface area contributed by atoms with Gasteiger partial charge in [0.05, 0.1) is 0 Å². The van der Waals surface area contributed by atoms with E-state index in [1.54, 1.807) is 12.1 Å². The summed E-state index contributed by atoms with van der Waals surface area (Å²) in [7, 11) is 0. The first kappa shape index (κ1) is 17.5. The summed E-state index contributed by atoms with van der Waals surface area (Å²) in [5.41, 5.74) is 0.735. The SMILES string of the molecule is O=C(N[C@@H]1CCCNC1=O)[C@@H](Oc1ccc(Br)cc1)c1ccccc1. The van der Waals surface area contributed by atoms with E-state index < -0.39 is 12.1 Å². The van der Waals surface area contributed by atoms with E-state index in [1.807, 2.05) is 42.5 Å². The number of amides is 2. The Morgan fingerprint density at radius 2 is 1.88 bits per heavy atom. The van der Waals surface area contributed by atoms with Crippen LogP contribution in [0.2, 0.25) is 0 Å². The maximum Gasteiger partial charge on any atom is 0.266 e. The van der Waals surface area contributed by atoms with E-state index >= 15 is 0 Å². The van der Waals surface area contributed by atoms with E-state index in [1.165, 1.54) is 0 Å². The van der Waals surface area contributed by atoms with Crippen LogP contribution >= 0.6 is 15.9 Å². The second-order valence-corrected chi connectivity index (χ2v) is 6.77. The minimum atomic E-state index is -0.822. The molecule has 130 valence electrons. The monoisotopic (exact) mass is 402 g/mol. The average Bonchev–Trinajstić information content (AvgIpc) is 2.64. The number of carbonyl (C=O) groups excluding carboxylic acids is 2. The molecule has 0 aliphatic carbocycles. The molecular weight excluding hydrogens is 384 g/mol. The number of benzene rings is 2. The maximum atomic E-state index is 12.8.